The summed E-state index contributed by atoms with van der Waals surface area (Å²) in [4.78, 5) is 24.3. The fourth-order valence-corrected chi connectivity index (χ4v) is 4.41. The Morgan fingerprint density at radius 3 is 2.84 bits per heavy atom. The number of fused-ring (bicyclic) bond motifs is 1. The third-order valence-electron chi connectivity index (χ3n) is 4.50. The van der Waals surface area contributed by atoms with Crippen molar-refractivity contribution in [1.29, 1.82) is 0 Å². The van der Waals surface area contributed by atoms with E-state index in [1.165, 1.54) is 18.1 Å². The van der Waals surface area contributed by atoms with Crippen molar-refractivity contribution >= 4 is 31.7 Å². The number of halogens is 2. The smallest absolute Gasteiger partial charge is 0.404 e. The zero-order chi connectivity index (χ0) is 23.0. The Hall–Kier alpha value is -1.97. The molecule has 0 bridgehead atoms. The molecule has 2 heterocycles. The summed E-state index contributed by atoms with van der Waals surface area (Å²) in [5.74, 6) is 0.108. The maximum absolute atomic E-state index is 12.7. The van der Waals surface area contributed by atoms with Crippen LogP contribution in [-0.2, 0) is 34.5 Å². The van der Waals surface area contributed by atoms with E-state index in [0.717, 1.165) is 0 Å². The topological polar surface area (TPSA) is 103 Å². The molecule has 0 saturated carbocycles. The molecule has 2 aliphatic rings. The van der Waals surface area contributed by atoms with E-state index in [1.807, 2.05) is 0 Å². The summed E-state index contributed by atoms with van der Waals surface area (Å²) >= 11 is 5.92. The number of likely N-dealkylation sites (N-methyl/N-ethyl adjacent to an activating group) is 1. The maximum atomic E-state index is 12.7. The van der Waals surface area contributed by atoms with E-state index in [-0.39, 0.29) is 19.1 Å². The van der Waals surface area contributed by atoms with Gasteiger partial charge in [0.2, 0.25) is 12.3 Å². The van der Waals surface area contributed by atoms with E-state index >= 15 is 0 Å². The van der Waals surface area contributed by atoms with E-state index in [4.69, 9.17) is 29.9 Å². The monoisotopic (exact) mass is 478 g/mol. The van der Waals surface area contributed by atoms with Crippen LogP contribution in [0.15, 0.2) is 30.0 Å². The van der Waals surface area contributed by atoms with Crippen LogP contribution < -0.4 is 9.84 Å². The van der Waals surface area contributed by atoms with Crippen molar-refractivity contribution in [2.24, 2.45) is 0 Å². The number of hydrogen-bond acceptors (Lipinski definition) is 7. The van der Waals surface area contributed by atoms with Gasteiger partial charge in [-0.2, -0.15) is 0 Å². The average molecular weight is 479 g/mol. The molecule has 0 aromatic heterocycles. The van der Waals surface area contributed by atoms with Crippen LogP contribution in [0.5, 0.6) is 5.75 Å². The fraction of sp³-hybridized carbons (Fsp3) is 0.474. The first-order valence-electron chi connectivity index (χ1n) is 9.37. The predicted octanol–water partition coefficient (Wildman–Crippen LogP) is 3.57. The molecule has 12 heteroatoms. The highest BCUT2D eigenvalue weighted by Gasteiger charge is 2.37. The summed E-state index contributed by atoms with van der Waals surface area (Å²) in [6, 6.07) is 4.91. The number of carbonyl (C=O) groups excluding carboxylic acids is 2. The first kappa shape index (κ1) is 25.3. The molecule has 2 amide bonds. The highest BCUT2D eigenvalue weighted by atomic mass is 35.5. The van der Waals surface area contributed by atoms with Crippen molar-refractivity contribution in [2.75, 3.05) is 20.8 Å². The van der Waals surface area contributed by atoms with Gasteiger partial charge in [0.1, 0.15) is 12.0 Å². The quantitative estimate of drug-likeness (QED) is 0.363. The van der Waals surface area contributed by atoms with Gasteiger partial charge in [-0.1, -0.05) is 11.6 Å². The van der Waals surface area contributed by atoms with Gasteiger partial charge in [-0.15, -0.1) is 0 Å². The number of phosphoric acid groups is 1. The standard InChI is InChI=1S/C18H22ClN2O7P.CH3F/c1-12(18(23)20-2)8-21(11-22)17-6-4-15(27-17)10-26-29(24)25-9-13-7-14(19)3-5-16(13)28-29;1-2/h3,5,7-8,11,15,17H,4,6,9-10H2,1-2H3,(H,20,23);1H3/b12-8-;. The number of alkyl halides is 1. The fourth-order valence-electron chi connectivity index (χ4n) is 2.97. The van der Waals surface area contributed by atoms with Gasteiger partial charge in [0, 0.05) is 29.4 Å². The minimum atomic E-state index is -3.77. The van der Waals surface area contributed by atoms with Gasteiger partial charge in [-0.25, -0.2) is 4.57 Å². The molecule has 1 fully saturated rings. The van der Waals surface area contributed by atoms with Crippen molar-refractivity contribution < 1.29 is 36.9 Å². The molecular formula is C19H25ClFN2O7P. The first-order chi connectivity index (χ1) is 14.8. The largest absolute Gasteiger partial charge is 0.530 e. The molecule has 1 N–H and O–H groups in total. The molecule has 1 aromatic carbocycles. The number of ether oxygens (including phenoxy) is 1. The Kier molecular flexibility index (Phi) is 9.46. The zero-order valence-electron chi connectivity index (χ0n) is 17.4. The molecule has 3 rings (SSSR count). The van der Waals surface area contributed by atoms with Gasteiger partial charge < -0.3 is 14.6 Å². The first-order valence-corrected chi connectivity index (χ1v) is 11.2. The number of rotatable bonds is 7. The normalized spacial score (nSPS) is 24.9. The second kappa shape index (κ2) is 11.6. The second-order valence-electron chi connectivity index (χ2n) is 6.59. The lowest BCUT2D eigenvalue weighted by Crippen LogP contribution is -2.32. The number of nitrogens with one attached hydrogen (secondary N) is 1. The third kappa shape index (κ3) is 6.75. The Bertz CT molecular complexity index is 870. The van der Waals surface area contributed by atoms with Crippen LogP contribution in [0, 0.1) is 0 Å². The molecule has 0 radical (unpaired) electrons. The zero-order valence-corrected chi connectivity index (χ0v) is 19.0. The number of hydrogen-bond donors (Lipinski definition) is 1. The predicted molar refractivity (Wildman–Crippen MR) is 111 cm³/mol. The molecule has 31 heavy (non-hydrogen) atoms. The number of benzene rings is 1. The van der Waals surface area contributed by atoms with Crippen LogP contribution in [-0.4, -0.2) is 50.4 Å². The number of carbonyl (C=O) groups is 2. The van der Waals surface area contributed by atoms with Crippen LogP contribution in [0.1, 0.15) is 25.3 Å². The summed E-state index contributed by atoms with van der Waals surface area (Å²) in [5.41, 5.74) is 1.06. The van der Waals surface area contributed by atoms with Gasteiger partial charge >= 0.3 is 7.82 Å². The van der Waals surface area contributed by atoms with Gasteiger partial charge in [0.05, 0.1) is 26.5 Å². The lowest BCUT2D eigenvalue weighted by atomic mass is 10.2. The molecule has 0 spiro atoms. The van der Waals surface area contributed by atoms with Crippen molar-refractivity contribution in [3.05, 3.63) is 40.6 Å². The minimum Gasteiger partial charge on any atom is -0.404 e. The molecule has 172 valence electrons. The lowest BCUT2D eigenvalue weighted by molar-refractivity contribution is -0.127. The van der Waals surface area contributed by atoms with Crippen LogP contribution in [0.4, 0.5) is 4.39 Å². The van der Waals surface area contributed by atoms with Crippen LogP contribution >= 0.6 is 19.4 Å². The summed E-state index contributed by atoms with van der Waals surface area (Å²) in [6.45, 7) is 1.63. The van der Waals surface area contributed by atoms with Gasteiger partial charge in [0.25, 0.3) is 0 Å². The van der Waals surface area contributed by atoms with E-state index in [2.05, 4.69) is 5.32 Å². The third-order valence-corrected chi connectivity index (χ3v) is 6.06. The van der Waals surface area contributed by atoms with Crippen molar-refractivity contribution in [3.8, 4) is 5.75 Å². The Labute approximate surface area is 185 Å². The summed E-state index contributed by atoms with van der Waals surface area (Å²) in [5, 5.41) is 3.01. The summed E-state index contributed by atoms with van der Waals surface area (Å²) in [7, 11) is -1.77. The average Bonchev–Trinajstić information content (AvgIpc) is 3.26. The minimum absolute atomic E-state index is 0.0262. The molecule has 3 atom stereocenters. The highest BCUT2D eigenvalue weighted by Crippen LogP contribution is 2.55. The molecule has 1 saturated heterocycles. The number of phosphoric ester groups is 1. The summed E-state index contributed by atoms with van der Waals surface area (Å²) in [6.07, 6.45) is 2.19. The molecule has 2 aliphatic heterocycles. The Morgan fingerprint density at radius 1 is 1.42 bits per heavy atom. The maximum Gasteiger partial charge on any atom is 0.530 e. The van der Waals surface area contributed by atoms with Gasteiger partial charge in [0.15, 0.2) is 0 Å². The SMILES string of the molecule is CF.CNC(=O)/C(C)=C\N(C=O)C1CCC(COP2(=O)OCc3cc(Cl)ccc3O2)O1. The molecular weight excluding hydrogens is 454 g/mol. The van der Waals surface area contributed by atoms with Crippen molar-refractivity contribution in [2.45, 2.75) is 38.7 Å². The molecule has 1 aromatic rings. The van der Waals surface area contributed by atoms with E-state index < -0.39 is 20.2 Å². The molecule has 0 aliphatic carbocycles. The highest BCUT2D eigenvalue weighted by molar-refractivity contribution is 7.49. The van der Waals surface area contributed by atoms with E-state index in [9.17, 15) is 18.5 Å². The van der Waals surface area contributed by atoms with Crippen LogP contribution in [0.3, 0.4) is 0 Å². The Balaban J connectivity index is 0.00000166. The van der Waals surface area contributed by atoms with Gasteiger partial charge in [-0.3, -0.25) is 27.9 Å². The number of nitrogens with zero attached hydrogens (tertiary/aromatic N) is 1. The van der Waals surface area contributed by atoms with E-state index in [0.29, 0.717) is 48.3 Å². The lowest BCUT2D eigenvalue weighted by Gasteiger charge is -2.26. The van der Waals surface area contributed by atoms with Crippen LogP contribution in [0.2, 0.25) is 5.02 Å². The van der Waals surface area contributed by atoms with Gasteiger partial charge in [-0.05, 0) is 38.0 Å². The Morgan fingerprint density at radius 2 is 2.16 bits per heavy atom. The summed E-state index contributed by atoms with van der Waals surface area (Å²) < 4.78 is 44.1. The molecule has 3 unspecified atom stereocenters. The van der Waals surface area contributed by atoms with Crippen molar-refractivity contribution in [1.82, 2.24) is 10.2 Å². The van der Waals surface area contributed by atoms with Crippen molar-refractivity contribution in [3.63, 3.8) is 0 Å². The van der Waals surface area contributed by atoms with E-state index in [1.54, 1.807) is 25.1 Å². The number of amides is 2. The molecule has 9 nitrogen and oxygen atoms in total. The second-order valence-corrected chi connectivity index (χ2v) is 8.62. The van der Waals surface area contributed by atoms with Crippen LogP contribution in [0.25, 0.3) is 0 Å².